The fraction of sp³-hybridized carbons (Fsp3) is 0.364. The molecule has 0 bridgehead atoms. The Kier molecular flexibility index (Phi) is 4.37. The van der Waals surface area contributed by atoms with Crippen molar-refractivity contribution in [2.24, 2.45) is 10.6 Å². The standard InChI is InChI=1S/C11H15ClN2O3S/c1-11(2,7-12)10(15)14-8-4-3-5-9(6-8)18(13,16)17/h3-6H,7H2,1-2H3,(H,14,15)(H2,13,16,17). The third-order valence-corrected chi connectivity index (χ3v) is 3.95. The SMILES string of the molecule is CC(C)(CCl)C(=O)Nc1cccc(S(N)(=O)=O)c1. The number of hydrogen-bond donors (Lipinski definition) is 2. The molecule has 1 rings (SSSR count). The van der Waals surface area contributed by atoms with E-state index in [0.717, 1.165) is 0 Å². The van der Waals surface area contributed by atoms with Crippen LogP contribution in [0.15, 0.2) is 29.2 Å². The molecule has 0 aliphatic heterocycles. The molecule has 1 aromatic carbocycles. The van der Waals surface area contributed by atoms with Crippen LogP contribution in [0.3, 0.4) is 0 Å². The monoisotopic (exact) mass is 290 g/mol. The van der Waals surface area contributed by atoms with Crippen molar-refractivity contribution in [3.05, 3.63) is 24.3 Å². The van der Waals surface area contributed by atoms with E-state index in [2.05, 4.69) is 5.32 Å². The van der Waals surface area contributed by atoms with E-state index in [0.29, 0.717) is 5.69 Å². The minimum absolute atomic E-state index is 0.0519. The van der Waals surface area contributed by atoms with Crippen LogP contribution in [0.5, 0.6) is 0 Å². The highest BCUT2D eigenvalue weighted by atomic mass is 35.5. The van der Waals surface area contributed by atoms with Crippen molar-refractivity contribution in [3.63, 3.8) is 0 Å². The van der Waals surface area contributed by atoms with Crippen molar-refractivity contribution in [2.45, 2.75) is 18.7 Å². The highest BCUT2D eigenvalue weighted by Gasteiger charge is 2.26. The van der Waals surface area contributed by atoms with Crippen LogP contribution >= 0.6 is 11.6 Å². The van der Waals surface area contributed by atoms with Gasteiger partial charge in [-0.15, -0.1) is 11.6 Å². The van der Waals surface area contributed by atoms with E-state index in [1.165, 1.54) is 18.2 Å². The van der Waals surface area contributed by atoms with Crippen LogP contribution in [0, 0.1) is 5.41 Å². The maximum Gasteiger partial charge on any atom is 0.238 e. The lowest BCUT2D eigenvalue weighted by Gasteiger charge is -2.20. The number of alkyl halides is 1. The summed E-state index contributed by atoms with van der Waals surface area (Å²) in [6.07, 6.45) is 0. The average Bonchev–Trinajstić information content (AvgIpc) is 2.28. The summed E-state index contributed by atoms with van der Waals surface area (Å²) in [5.74, 6) is -0.127. The number of anilines is 1. The van der Waals surface area contributed by atoms with Gasteiger partial charge in [0.2, 0.25) is 15.9 Å². The molecule has 5 nitrogen and oxygen atoms in total. The molecule has 0 aliphatic carbocycles. The van der Waals surface area contributed by atoms with Gasteiger partial charge >= 0.3 is 0 Å². The normalized spacial score (nSPS) is 12.2. The van der Waals surface area contributed by atoms with Gasteiger partial charge in [-0.25, -0.2) is 13.6 Å². The number of hydrogen-bond acceptors (Lipinski definition) is 3. The number of benzene rings is 1. The Labute approximate surface area is 111 Å². The second kappa shape index (κ2) is 5.26. The Morgan fingerprint density at radius 1 is 1.44 bits per heavy atom. The minimum Gasteiger partial charge on any atom is -0.326 e. The number of halogens is 1. The van der Waals surface area contributed by atoms with Gasteiger partial charge in [-0.1, -0.05) is 6.07 Å². The number of amides is 1. The molecular formula is C11H15ClN2O3S. The quantitative estimate of drug-likeness (QED) is 0.824. The third kappa shape index (κ3) is 3.69. The van der Waals surface area contributed by atoms with E-state index in [-0.39, 0.29) is 16.7 Å². The van der Waals surface area contributed by atoms with Crippen LogP contribution in [-0.4, -0.2) is 20.2 Å². The molecule has 0 unspecified atom stereocenters. The number of carbonyl (C=O) groups excluding carboxylic acids is 1. The summed E-state index contributed by atoms with van der Waals surface area (Å²) in [5, 5.41) is 7.61. The lowest BCUT2D eigenvalue weighted by molar-refractivity contribution is -0.122. The van der Waals surface area contributed by atoms with E-state index in [4.69, 9.17) is 16.7 Å². The molecule has 0 fully saturated rings. The highest BCUT2D eigenvalue weighted by molar-refractivity contribution is 7.89. The van der Waals surface area contributed by atoms with Gasteiger partial charge in [0, 0.05) is 11.6 Å². The van der Waals surface area contributed by atoms with Gasteiger partial charge in [-0.2, -0.15) is 0 Å². The summed E-state index contributed by atoms with van der Waals surface area (Å²) in [5.41, 5.74) is -0.371. The summed E-state index contributed by atoms with van der Waals surface area (Å²) in [4.78, 5) is 11.8. The van der Waals surface area contributed by atoms with E-state index < -0.39 is 15.4 Å². The Balaban J connectivity index is 2.97. The van der Waals surface area contributed by atoms with Crippen molar-refractivity contribution in [1.29, 1.82) is 0 Å². The third-order valence-electron chi connectivity index (χ3n) is 2.37. The van der Waals surface area contributed by atoms with Crippen LogP contribution in [0.2, 0.25) is 0 Å². The summed E-state index contributed by atoms with van der Waals surface area (Å²) >= 11 is 5.68. The van der Waals surface area contributed by atoms with Crippen molar-refractivity contribution >= 4 is 33.2 Å². The highest BCUT2D eigenvalue weighted by Crippen LogP contribution is 2.21. The average molecular weight is 291 g/mol. The van der Waals surface area contributed by atoms with Gasteiger partial charge in [-0.3, -0.25) is 4.79 Å². The molecule has 0 saturated carbocycles. The smallest absolute Gasteiger partial charge is 0.238 e. The molecule has 0 aromatic heterocycles. The number of sulfonamides is 1. The topological polar surface area (TPSA) is 89.3 Å². The van der Waals surface area contributed by atoms with Gasteiger partial charge in [0.05, 0.1) is 10.3 Å². The maximum absolute atomic E-state index is 11.8. The molecule has 1 aromatic rings. The largest absolute Gasteiger partial charge is 0.326 e. The lowest BCUT2D eigenvalue weighted by Crippen LogP contribution is -2.32. The molecule has 100 valence electrons. The fourth-order valence-electron chi connectivity index (χ4n) is 1.11. The zero-order chi connectivity index (χ0) is 14.0. The Morgan fingerprint density at radius 3 is 2.56 bits per heavy atom. The molecule has 1 amide bonds. The van der Waals surface area contributed by atoms with E-state index in [9.17, 15) is 13.2 Å². The van der Waals surface area contributed by atoms with E-state index >= 15 is 0 Å². The first kappa shape index (κ1) is 14.9. The van der Waals surface area contributed by atoms with Gasteiger partial charge in [0.15, 0.2) is 0 Å². The first-order chi connectivity index (χ1) is 8.16. The Bertz CT molecular complexity index is 555. The van der Waals surface area contributed by atoms with Gasteiger partial charge in [-0.05, 0) is 32.0 Å². The van der Waals surface area contributed by atoms with Crippen molar-refractivity contribution in [2.75, 3.05) is 11.2 Å². The first-order valence-electron chi connectivity index (χ1n) is 5.17. The van der Waals surface area contributed by atoms with Crippen LogP contribution in [-0.2, 0) is 14.8 Å². The predicted molar refractivity (Wildman–Crippen MR) is 70.9 cm³/mol. The molecule has 0 heterocycles. The van der Waals surface area contributed by atoms with E-state index in [1.807, 2.05) is 0 Å². The maximum atomic E-state index is 11.8. The second-order valence-corrected chi connectivity index (χ2v) is 6.37. The molecule has 0 radical (unpaired) electrons. The van der Waals surface area contributed by atoms with Gasteiger partial charge in [0.25, 0.3) is 0 Å². The molecule has 7 heteroatoms. The van der Waals surface area contributed by atoms with Crippen molar-refractivity contribution in [3.8, 4) is 0 Å². The molecule has 0 aliphatic rings. The van der Waals surface area contributed by atoms with Crippen LogP contribution in [0.4, 0.5) is 5.69 Å². The molecule has 18 heavy (non-hydrogen) atoms. The van der Waals surface area contributed by atoms with Gasteiger partial charge < -0.3 is 5.32 Å². The number of primary sulfonamides is 1. The van der Waals surface area contributed by atoms with Crippen LogP contribution in [0.25, 0.3) is 0 Å². The van der Waals surface area contributed by atoms with Gasteiger partial charge in [0.1, 0.15) is 0 Å². The Morgan fingerprint density at radius 2 is 2.06 bits per heavy atom. The summed E-state index contributed by atoms with van der Waals surface area (Å²) < 4.78 is 22.3. The Hall–Kier alpha value is -1.11. The molecule has 3 N–H and O–H groups in total. The molecule has 0 saturated heterocycles. The number of rotatable bonds is 4. The lowest BCUT2D eigenvalue weighted by atomic mass is 9.95. The number of carbonyl (C=O) groups is 1. The van der Waals surface area contributed by atoms with Crippen molar-refractivity contribution in [1.82, 2.24) is 0 Å². The molecule has 0 spiro atoms. The first-order valence-corrected chi connectivity index (χ1v) is 7.25. The zero-order valence-electron chi connectivity index (χ0n) is 10.1. The second-order valence-electron chi connectivity index (χ2n) is 4.54. The summed E-state index contributed by atoms with van der Waals surface area (Å²) in [6, 6.07) is 5.75. The number of nitrogens with two attached hydrogens (primary N) is 1. The van der Waals surface area contributed by atoms with Crippen LogP contribution < -0.4 is 10.5 Å². The number of nitrogens with one attached hydrogen (secondary N) is 1. The fourth-order valence-corrected chi connectivity index (χ4v) is 1.79. The van der Waals surface area contributed by atoms with E-state index in [1.54, 1.807) is 19.9 Å². The van der Waals surface area contributed by atoms with Crippen LogP contribution in [0.1, 0.15) is 13.8 Å². The zero-order valence-corrected chi connectivity index (χ0v) is 11.7. The molecule has 0 atom stereocenters. The predicted octanol–water partition coefficient (Wildman–Crippen LogP) is 1.54. The summed E-state index contributed by atoms with van der Waals surface area (Å²) in [6.45, 7) is 3.39. The summed E-state index contributed by atoms with van der Waals surface area (Å²) in [7, 11) is -3.78. The van der Waals surface area contributed by atoms with Crippen molar-refractivity contribution < 1.29 is 13.2 Å². The molecular weight excluding hydrogens is 276 g/mol. The minimum atomic E-state index is -3.78.